The molecular weight excluding hydrogens is 318 g/mol. The zero-order valence-electron chi connectivity index (χ0n) is 15.9. The van der Waals surface area contributed by atoms with Crippen LogP contribution in [0.25, 0.3) is 0 Å². The van der Waals surface area contributed by atoms with Crippen molar-refractivity contribution >= 4 is 11.8 Å². The molecule has 0 aromatic heterocycles. The predicted octanol–water partition coefficient (Wildman–Crippen LogP) is 3.25. The summed E-state index contributed by atoms with van der Waals surface area (Å²) in [6, 6.07) is -0.0419. The average molecular weight is 354 g/mol. The molecule has 5 nitrogen and oxygen atoms in total. The number of unbranched alkanes of at least 4 members (excludes halogenated alkanes) is 3. The van der Waals surface area contributed by atoms with Gasteiger partial charge in [-0.3, -0.25) is 14.5 Å². The van der Waals surface area contributed by atoms with Crippen LogP contribution >= 0.6 is 0 Å². The number of ketones is 1. The zero-order valence-corrected chi connectivity index (χ0v) is 15.9. The molecule has 144 valence electrons. The van der Waals surface area contributed by atoms with Crippen LogP contribution in [0.3, 0.4) is 0 Å². The highest BCUT2D eigenvalue weighted by atomic mass is 16.5. The van der Waals surface area contributed by atoms with Crippen LogP contribution in [0.5, 0.6) is 0 Å². The molecule has 2 atom stereocenters. The van der Waals surface area contributed by atoms with E-state index in [4.69, 9.17) is 0 Å². The minimum atomic E-state index is -0.253. The van der Waals surface area contributed by atoms with Crippen molar-refractivity contribution in [3.8, 4) is 0 Å². The van der Waals surface area contributed by atoms with Crippen molar-refractivity contribution in [3.63, 3.8) is 0 Å². The van der Waals surface area contributed by atoms with Gasteiger partial charge in [-0.05, 0) is 32.1 Å². The maximum atomic E-state index is 12.1. The van der Waals surface area contributed by atoms with E-state index in [1.165, 1.54) is 20.0 Å². The number of aliphatic hydroxyl groups is 1. The second-order valence-corrected chi connectivity index (χ2v) is 6.88. The highest BCUT2D eigenvalue weighted by Crippen LogP contribution is 2.19. The van der Waals surface area contributed by atoms with Gasteiger partial charge in [0.2, 0.25) is 0 Å². The Bertz CT molecular complexity index is 422. The van der Waals surface area contributed by atoms with Crippen LogP contribution in [0.15, 0.2) is 12.2 Å². The third-order valence-electron chi connectivity index (χ3n) is 4.85. The van der Waals surface area contributed by atoms with Crippen molar-refractivity contribution in [2.75, 3.05) is 20.2 Å². The Morgan fingerprint density at radius 1 is 1.32 bits per heavy atom. The molecule has 1 heterocycles. The molecule has 5 heteroatoms. The molecule has 0 bridgehead atoms. The number of Topliss-reactive ketones (excluding diaryl/α,β-unsaturated/α-hetero) is 1. The number of nitrogens with zero attached hydrogens (tertiary/aromatic N) is 1. The van der Waals surface area contributed by atoms with E-state index >= 15 is 0 Å². The van der Waals surface area contributed by atoms with E-state index in [1.54, 1.807) is 0 Å². The first-order valence-electron chi connectivity index (χ1n) is 9.75. The van der Waals surface area contributed by atoms with E-state index < -0.39 is 0 Å². The second kappa shape index (κ2) is 13.1. The van der Waals surface area contributed by atoms with Crippen LogP contribution in [0.1, 0.15) is 71.1 Å². The topological polar surface area (TPSA) is 66.8 Å². The van der Waals surface area contributed by atoms with Gasteiger partial charge in [0, 0.05) is 25.9 Å². The van der Waals surface area contributed by atoms with E-state index in [0.29, 0.717) is 18.6 Å². The summed E-state index contributed by atoms with van der Waals surface area (Å²) in [4.78, 5) is 25.3. The molecule has 1 aliphatic rings. The Labute approximate surface area is 152 Å². The SMILES string of the molecule is CCCCCC(O)CCN1CCC(=O)C1C/C=C\CCCC(=O)OC. The first kappa shape index (κ1) is 21.8. The molecule has 0 spiro atoms. The van der Waals surface area contributed by atoms with Gasteiger partial charge >= 0.3 is 5.97 Å². The van der Waals surface area contributed by atoms with E-state index in [0.717, 1.165) is 51.6 Å². The number of esters is 1. The number of aliphatic hydroxyl groups excluding tert-OH is 1. The molecule has 0 aromatic carbocycles. The van der Waals surface area contributed by atoms with Crippen LogP contribution in [-0.4, -0.2) is 54.1 Å². The van der Waals surface area contributed by atoms with E-state index in [2.05, 4.69) is 22.6 Å². The molecule has 25 heavy (non-hydrogen) atoms. The number of carbonyl (C=O) groups excluding carboxylic acids is 2. The number of rotatable bonds is 13. The van der Waals surface area contributed by atoms with Crippen molar-refractivity contribution in [2.45, 2.75) is 83.3 Å². The lowest BCUT2D eigenvalue weighted by Crippen LogP contribution is -2.34. The Morgan fingerprint density at radius 3 is 2.84 bits per heavy atom. The number of hydrogen-bond donors (Lipinski definition) is 1. The lowest BCUT2D eigenvalue weighted by Gasteiger charge is -2.23. The number of carbonyl (C=O) groups is 2. The van der Waals surface area contributed by atoms with Gasteiger partial charge in [0.15, 0.2) is 5.78 Å². The van der Waals surface area contributed by atoms with E-state index in [1.807, 2.05) is 6.08 Å². The van der Waals surface area contributed by atoms with Gasteiger partial charge in [0.1, 0.15) is 0 Å². The van der Waals surface area contributed by atoms with Gasteiger partial charge in [-0.1, -0.05) is 38.3 Å². The zero-order chi connectivity index (χ0) is 18.5. The van der Waals surface area contributed by atoms with Crippen molar-refractivity contribution < 1.29 is 19.4 Å². The fraction of sp³-hybridized carbons (Fsp3) is 0.800. The Balaban J connectivity index is 2.26. The second-order valence-electron chi connectivity index (χ2n) is 6.88. The van der Waals surface area contributed by atoms with Crippen LogP contribution in [0.4, 0.5) is 0 Å². The molecule has 0 aliphatic carbocycles. The molecule has 0 saturated carbocycles. The molecule has 1 saturated heterocycles. The van der Waals surface area contributed by atoms with Crippen molar-refractivity contribution in [2.24, 2.45) is 0 Å². The maximum Gasteiger partial charge on any atom is 0.305 e. The highest BCUT2D eigenvalue weighted by Gasteiger charge is 2.31. The van der Waals surface area contributed by atoms with Crippen molar-refractivity contribution in [3.05, 3.63) is 12.2 Å². The summed E-state index contributed by atoms with van der Waals surface area (Å²) in [6.45, 7) is 3.76. The summed E-state index contributed by atoms with van der Waals surface area (Å²) in [5.41, 5.74) is 0. The first-order chi connectivity index (χ1) is 12.1. The minimum absolute atomic E-state index is 0.0419. The van der Waals surface area contributed by atoms with Gasteiger partial charge < -0.3 is 9.84 Å². The predicted molar refractivity (Wildman–Crippen MR) is 99.4 cm³/mol. The van der Waals surface area contributed by atoms with Crippen molar-refractivity contribution in [1.82, 2.24) is 4.90 Å². The molecule has 0 radical (unpaired) electrons. The number of hydrogen-bond acceptors (Lipinski definition) is 5. The molecule has 0 amide bonds. The fourth-order valence-electron chi connectivity index (χ4n) is 3.23. The van der Waals surface area contributed by atoms with Crippen LogP contribution in [0.2, 0.25) is 0 Å². The minimum Gasteiger partial charge on any atom is -0.469 e. The fourth-order valence-corrected chi connectivity index (χ4v) is 3.23. The Morgan fingerprint density at radius 2 is 2.12 bits per heavy atom. The average Bonchev–Trinajstić information content (AvgIpc) is 2.96. The molecule has 1 rings (SSSR count). The van der Waals surface area contributed by atoms with Crippen molar-refractivity contribution in [1.29, 1.82) is 0 Å². The number of methoxy groups -OCH3 is 1. The third-order valence-corrected chi connectivity index (χ3v) is 4.85. The molecular formula is C20H35NO4. The van der Waals surface area contributed by atoms with Crippen LogP contribution < -0.4 is 0 Å². The summed E-state index contributed by atoms with van der Waals surface area (Å²) >= 11 is 0. The van der Waals surface area contributed by atoms with E-state index in [-0.39, 0.29) is 18.1 Å². The van der Waals surface area contributed by atoms with E-state index in [9.17, 15) is 14.7 Å². The molecule has 1 fully saturated rings. The summed E-state index contributed by atoms with van der Waals surface area (Å²) < 4.78 is 4.61. The van der Waals surface area contributed by atoms with Gasteiger partial charge in [-0.2, -0.15) is 0 Å². The number of likely N-dealkylation sites (tertiary alicyclic amines) is 1. The summed E-state index contributed by atoms with van der Waals surface area (Å²) in [5.74, 6) is 0.128. The van der Waals surface area contributed by atoms with Crippen LogP contribution in [0, 0.1) is 0 Å². The largest absolute Gasteiger partial charge is 0.469 e. The molecule has 1 N–H and O–H groups in total. The molecule has 2 unspecified atom stereocenters. The van der Waals surface area contributed by atoms with Crippen LogP contribution in [-0.2, 0) is 14.3 Å². The Kier molecular flexibility index (Phi) is 11.4. The van der Waals surface area contributed by atoms with Gasteiger partial charge in [0.05, 0.1) is 19.3 Å². The number of ether oxygens (including phenoxy) is 1. The number of allylic oxidation sites excluding steroid dienone is 1. The summed E-state index contributed by atoms with van der Waals surface area (Å²) in [6.07, 6.45) is 12.2. The first-order valence-corrected chi connectivity index (χ1v) is 9.75. The normalized spacial score (nSPS) is 19.6. The third kappa shape index (κ3) is 9.17. The lowest BCUT2D eigenvalue weighted by molar-refractivity contribution is -0.140. The summed E-state index contributed by atoms with van der Waals surface area (Å²) in [7, 11) is 1.40. The standard InChI is InChI=1S/C20H35NO4/c1-3-4-7-10-17(22)13-15-21-16-14-19(23)18(21)11-8-5-6-9-12-20(24)25-2/h5,8,17-18,22H,3-4,6-7,9-16H2,1-2H3/b8-5-. The molecule has 0 aromatic rings. The van der Waals surface area contributed by atoms with Gasteiger partial charge in [-0.25, -0.2) is 0 Å². The smallest absolute Gasteiger partial charge is 0.305 e. The van der Waals surface area contributed by atoms with Gasteiger partial charge in [0.25, 0.3) is 0 Å². The molecule has 1 aliphatic heterocycles. The summed E-state index contributed by atoms with van der Waals surface area (Å²) in [5, 5.41) is 10.1. The highest BCUT2D eigenvalue weighted by molar-refractivity contribution is 5.86. The Hall–Kier alpha value is -1.20. The maximum absolute atomic E-state index is 12.1. The monoisotopic (exact) mass is 353 g/mol. The lowest BCUT2D eigenvalue weighted by atomic mass is 10.1. The quantitative estimate of drug-likeness (QED) is 0.313. The van der Waals surface area contributed by atoms with Gasteiger partial charge in [-0.15, -0.1) is 0 Å².